The van der Waals surface area contributed by atoms with Crippen molar-refractivity contribution >= 4 is 0 Å². The second-order valence-corrected chi connectivity index (χ2v) is 5.60. The zero-order valence-corrected chi connectivity index (χ0v) is 11.3. The zero-order chi connectivity index (χ0) is 13.8. The number of rotatable bonds is 3. The van der Waals surface area contributed by atoms with Crippen LogP contribution in [0.3, 0.4) is 0 Å². The van der Waals surface area contributed by atoms with Crippen molar-refractivity contribution in [3.8, 4) is 5.75 Å². The second-order valence-electron chi connectivity index (χ2n) is 5.60. The van der Waals surface area contributed by atoms with Crippen LogP contribution in [-0.4, -0.2) is 11.1 Å². The third-order valence-electron chi connectivity index (χ3n) is 3.93. The maximum absolute atomic E-state index is 13.2. The van der Waals surface area contributed by atoms with Gasteiger partial charge in [-0.05, 0) is 42.9 Å². The Bertz CT molecular complexity index is 413. The number of hydrogen-bond acceptors (Lipinski definition) is 2. The van der Waals surface area contributed by atoms with Crippen molar-refractivity contribution in [3.05, 3.63) is 29.3 Å². The number of nitrogens with one attached hydrogen (secondary N) is 1. The van der Waals surface area contributed by atoms with Gasteiger partial charge in [0.05, 0.1) is 0 Å². The van der Waals surface area contributed by atoms with Crippen molar-refractivity contribution in [1.29, 1.82) is 0 Å². The third kappa shape index (κ3) is 3.90. The standard InChI is InChI=1S/C15H21F2NO/c1-10-3-2-4-12(6-5-10)18-9-11-7-13(16)15(19)14(17)8-11/h7-8,10,12,18-19H,2-6,9H2,1H3. The van der Waals surface area contributed by atoms with Crippen LogP contribution in [-0.2, 0) is 6.54 Å². The molecule has 2 rings (SSSR count). The Morgan fingerprint density at radius 2 is 1.84 bits per heavy atom. The smallest absolute Gasteiger partial charge is 0.187 e. The van der Waals surface area contributed by atoms with E-state index in [4.69, 9.17) is 5.11 Å². The van der Waals surface area contributed by atoms with Gasteiger partial charge in [-0.1, -0.05) is 19.8 Å². The van der Waals surface area contributed by atoms with Crippen molar-refractivity contribution in [2.24, 2.45) is 5.92 Å². The molecule has 2 unspecified atom stereocenters. The normalized spacial score (nSPS) is 24.2. The van der Waals surface area contributed by atoms with E-state index in [1.54, 1.807) is 0 Å². The second kappa shape index (κ2) is 6.33. The summed E-state index contributed by atoms with van der Waals surface area (Å²) >= 11 is 0. The molecule has 1 aliphatic rings. The summed E-state index contributed by atoms with van der Waals surface area (Å²) in [5, 5.41) is 12.4. The molecule has 2 nitrogen and oxygen atoms in total. The fourth-order valence-corrected chi connectivity index (χ4v) is 2.67. The van der Waals surface area contributed by atoms with Crippen molar-refractivity contribution in [3.63, 3.8) is 0 Å². The Labute approximate surface area is 112 Å². The van der Waals surface area contributed by atoms with Crippen LogP contribution >= 0.6 is 0 Å². The highest BCUT2D eigenvalue weighted by Crippen LogP contribution is 2.24. The Kier molecular flexibility index (Phi) is 4.75. The quantitative estimate of drug-likeness (QED) is 0.819. The lowest BCUT2D eigenvalue weighted by molar-refractivity contribution is 0.393. The summed E-state index contributed by atoms with van der Waals surface area (Å²) in [4.78, 5) is 0. The molecule has 0 radical (unpaired) electrons. The van der Waals surface area contributed by atoms with Gasteiger partial charge in [-0.2, -0.15) is 0 Å². The van der Waals surface area contributed by atoms with E-state index in [1.165, 1.54) is 31.4 Å². The number of phenolic OH excluding ortho intramolecular Hbond substituents is 1. The molecule has 0 aliphatic heterocycles. The molecule has 2 N–H and O–H groups in total. The number of phenols is 1. The monoisotopic (exact) mass is 269 g/mol. The van der Waals surface area contributed by atoms with Crippen LogP contribution in [0.4, 0.5) is 8.78 Å². The first-order valence-corrected chi connectivity index (χ1v) is 6.96. The molecule has 106 valence electrons. The molecule has 1 aliphatic carbocycles. The van der Waals surface area contributed by atoms with Gasteiger partial charge in [0.15, 0.2) is 17.4 Å². The van der Waals surface area contributed by atoms with Gasteiger partial charge in [-0.15, -0.1) is 0 Å². The Balaban J connectivity index is 1.91. The third-order valence-corrected chi connectivity index (χ3v) is 3.93. The molecule has 0 bridgehead atoms. The van der Waals surface area contributed by atoms with Crippen LogP contribution in [0.25, 0.3) is 0 Å². The van der Waals surface area contributed by atoms with E-state index in [9.17, 15) is 8.78 Å². The molecule has 19 heavy (non-hydrogen) atoms. The number of benzene rings is 1. The lowest BCUT2D eigenvalue weighted by atomic mass is 10.0. The predicted octanol–water partition coefficient (Wildman–Crippen LogP) is 3.73. The Morgan fingerprint density at radius 3 is 2.53 bits per heavy atom. The summed E-state index contributed by atoms with van der Waals surface area (Å²) in [6.45, 7) is 2.71. The van der Waals surface area contributed by atoms with Gasteiger partial charge >= 0.3 is 0 Å². The van der Waals surface area contributed by atoms with Crippen molar-refractivity contribution < 1.29 is 13.9 Å². The summed E-state index contributed by atoms with van der Waals surface area (Å²) in [6, 6.07) is 2.79. The summed E-state index contributed by atoms with van der Waals surface area (Å²) < 4.78 is 26.4. The van der Waals surface area contributed by atoms with E-state index in [0.29, 0.717) is 18.2 Å². The van der Waals surface area contributed by atoms with Crippen molar-refractivity contribution in [2.75, 3.05) is 0 Å². The maximum Gasteiger partial charge on any atom is 0.187 e. The SMILES string of the molecule is CC1CCCC(NCc2cc(F)c(O)c(F)c2)CC1. The van der Waals surface area contributed by atoms with Gasteiger partial charge in [0.1, 0.15) is 0 Å². The van der Waals surface area contributed by atoms with Gasteiger partial charge < -0.3 is 10.4 Å². The van der Waals surface area contributed by atoms with Crippen molar-refractivity contribution in [2.45, 2.75) is 51.6 Å². The van der Waals surface area contributed by atoms with Gasteiger partial charge in [-0.25, -0.2) is 8.78 Å². The van der Waals surface area contributed by atoms with Crippen LogP contribution < -0.4 is 5.32 Å². The molecule has 1 aromatic rings. The van der Waals surface area contributed by atoms with Gasteiger partial charge in [0.2, 0.25) is 0 Å². The molecule has 1 saturated carbocycles. The van der Waals surface area contributed by atoms with E-state index < -0.39 is 17.4 Å². The molecule has 4 heteroatoms. The van der Waals surface area contributed by atoms with Crippen molar-refractivity contribution in [1.82, 2.24) is 5.32 Å². The first-order chi connectivity index (χ1) is 9.06. The van der Waals surface area contributed by atoms with Crippen LogP contribution in [0.15, 0.2) is 12.1 Å². The summed E-state index contributed by atoms with van der Waals surface area (Å²) in [5.41, 5.74) is 0.532. The van der Waals surface area contributed by atoms with Crippen LogP contribution in [0.5, 0.6) is 5.75 Å². The highest BCUT2D eigenvalue weighted by Gasteiger charge is 2.16. The van der Waals surface area contributed by atoms with E-state index in [1.807, 2.05) is 0 Å². The first-order valence-electron chi connectivity index (χ1n) is 6.96. The molecular weight excluding hydrogens is 248 g/mol. The lowest BCUT2D eigenvalue weighted by Gasteiger charge is -2.16. The summed E-state index contributed by atoms with van der Waals surface area (Å²) in [5.74, 6) is -1.92. The molecule has 0 heterocycles. The number of aromatic hydroxyl groups is 1. The van der Waals surface area contributed by atoms with Crippen LogP contribution in [0.2, 0.25) is 0 Å². The highest BCUT2D eigenvalue weighted by atomic mass is 19.1. The van der Waals surface area contributed by atoms with Gasteiger partial charge in [-0.3, -0.25) is 0 Å². The molecule has 1 fully saturated rings. The Hall–Kier alpha value is -1.16. The predicted molar refractivity (Wildman–Crippen MR) is 70.9 cm³/mol. The van der Waals surface area contributed by atoms with E-state index in [-0.39, 0.29) is 0 Å². The molecule has 0 spiro atoms. The molecule has 0 amide bonds. The molecular formula is C15H21F2NO. The minimum Gasteiger partial charge on any atom is -0.503 e. The topological polar surface area (TPSA) is 32.3 Å². The average Bonchev–Trinajstić information content (AvgIpc) is 2.58. The molecule has 2 atom stereocenters. The van der Waals surface area contributed by atoms with E-state index in [0.717, 1.165) is 18.8 Å². The summed E-state index contributed by atoms with van der Waals surface area (Å²) in [6.07, 6.45) is 5.91. The molecule has 0 saturated heterocycles. The van der Waals surface area contributed by atoms with Crippen LogP contribution in [0, 0.1) is 17.6 Å². The highest BCUT2D eigenvalue weighted by molar-refractivity contribution is 5.29. The fourth-order valence-electron chi connectivity index (χ4n) is 2.67. The first kappa shape index (κ1) is 14.3. The number of halogens is 2. The molecule has 0 aromatic heterocycles. The zero-order valence-electron chi connectivity index (χ0n) is 11.3. The lowest BCUT2D eigenvalue weighted by Crippen LogP contribution is -2.28. The van der Waals surface area contributed by atoms with E-state index >= 15 is 0 Å². The van der Waals surface area contributed by atoms with E-state index in [2.05, 4.69) is 12.2 Å². The maximum atomic E-state index is 13.2. The van der Waals surface area contributed by atoms with Gasteiger partial charge in [0, 0.05) is 12.6 Å². The Morgan fingerprint density at radius 1 is 1.16 bits per heavy atom. The largest absolute Gasteiger partial charge is 0.503 e. The van der Waals surface area contributed by atoms with Crippen LogP contribution in [0.1, 0.15) is 44.6 Å². The summed E-state index contributed by atoms with van der Waals surface area (Å²) in [7, 11) is 0. The molecule has 1 aromatic carbocycles. The number of hydrogen-bond donors (Lipinski definition) is 2. The minimum absolute atomic E-state index is 0.421. The van der Waals surface area contributed by atoms with Gasteiger partial charge in [0.25, 0.3) is 0 Å². The fraction of sp³-hybridized carbons (Fsp3) is 0.600. The average molecular weight is 269 g/mol. The minimum atomic E-state index is -0.897.